The molecule has 0 fully saturated rings. The third kappa shape index (κ3) is 6.53. The van der Waals surface area contributed by atoms with Crippen LogP contribution in [0.3, 0.4) is 0 Å². The number of hydrogen-bond donors (Lipinski definition) is 1. The number of rotatable bonds is 9. The predicted octanol–water partition coefficient (Wildman–Crippen LogP) is 4.98. The summed E-state index contributed by atoms with van der Waals surface area (Å²) in [5.74, 6) is 1.91. The van der Waals surface area contributed by atoms with Crippen molar-refractivity contribution >= 4 is 51.4 Å². The van der Waals surface area contributed by atoms with E-state index in [9.17, 15) is 9.59 Å². The number of aryl methyl sites for hydroxylation is 2. The van der Waals surface area contributed by atoms with Crippen molar-refractivity contribution in [2.24, 2.45) is 0 Å². The van der Waals surface area contributed by atoms with Crippen LogP contribution in [0.1, 0.15) is 30.4 Å². The van der Waals surface area contributed by atoms with Crippen LogP contribution in [0.25, 0.3) is 22.5 Å². The molecule has 1 N–H and O–H groups in total. The van der Waals surface area contributed by atoms with Crippen LogP contribution < -0.4 is 20.8 Å². The van der Waals surface area contributed by atoms with E-state index in [1.54, 1.807) is 42.9 Å². The summed E-state index contributed by atoms with van der Waals surface area (Å²) in [6.07, 6.45) is 1.52. The number of methoxy groups -OCH3 is 1. The van der Waals surface area contributed by atoms with Crippen LogP contribution in [-0.2, 0) is 13.0 Å². The molecule has 40 heavy (non-hydrogen) atoms. The molecule has 2 heterocycles. The normalized spacial score (nSPS) is 10.7. The number of aromatic amines is 1. The molecule has 0 amide bonds. The third-order valence-electron chi connectivity index (χ3n) is 6.36. The SMILES string of the molecule is CCCc1nc(C)c(Oc2ccc(OC)cc2)c(=O)n1Cc1ccc(-c2ccccc2-c2noc(=O)[nH]2)cc1.[K]. The molecule has 0 atom stereocenters. The zero-order valence-corrected chi connectivity index (χ0v) is 26.1. The summed E-state index contributed by atoms with van der Waals surface area (Å²) in [4.78, 5) is 32.4. The van der Waals surface area contributed by atoms with E-state index in [-0.39, 0.29) is 62.7 Å². The molecule has 0 aliphatic rings. The van der Waals surface area contributed by atoms with E-state index in [1.165, 1.54) is 0 Å². The van der Waals surface area contributed by atoms with Crippen molar-refractivity contribution in [2.75, 3.05) is 7.11 Å². The Bertz CT molecular complexity index is 1710. The first-order valence-electron chi connectivity index (χ1n) is 12.6. The van der Waals surface area contributed by atoms with Gasteiger partial charge in [-0.2, -0.15) is 0 Å². The molecule has 5 rings (SSSR count). The molecule has 0 saturated heterocycles. The van der Waals surface area contributed by atoms with Crippen molar-refractivity contribution in [1.29, 1.82) is 0 Å². The van der Waals surface area contributed by atoms with Crippen molar-refractivity contribution in [2.45, 2.75) is 33.2 Å². The standard InChI is InChI=1S/C30H28N4O5.K/c1-4-7-26-31-19(2)27(38-23-16-14-22(37-3)15-17-23)29(35)34(26)18-20-10-12-21(13-11-20)24-8-5-6-9-25(24)28-32-30(36)39-33-28;/h5-6,8-17H,4,7,18H2,1-3H3,(H,32,33,36);. The van der Waals surface area contributed by atoms with Crippen LogP contribution in [0.2, 0.25) is 0 Å². The summed E-state index contributed by atoms with van der Waals surface area (Å²) >= 11 is 0. The predicted molar refractivity (Wildman–Crippen MR) is 153 cm³/mol. The summed E-state index contributed by atoms with van der Waals surface area (Å²) in [7, 11) is 1.60. The van der Waals surface area contributed by atoms with E-state index in [0.717, 1.165) is 28.7 Å². The van der Waals surface area contributed by atoms with Gasteiger partial charge in [-0.3, -0.25) is 18.9 Å². The average Bonchev–Trinajstić information content (AvgIpc) is 3.40. The molecule has 3 aromatic carbocycles. The van der Waals surface area contributed by atoms with Crippen LogP contribution >= 0.6 is 0 Å². The summed E-state index contributed by atoms with van der Waals surface area (Å²) in [5.41, 5.74) is 3.83. The Labute approximate surface area is 273 Å². The van der Waals surface area contributed by atoms with E-state index in [1.807, 2.05) is 48.5 Å². The van der Waals surface area contributed by atoms with Gasteiger partial charge in [0, 0.05) is 63.4 Å². The molecule has 9 nitrogen and oxygen atoms in total. The molecular formula is C30H28KN4O5. The Morgan fingerprint density at radius 3 is 2.23 bits per heavy atom. The van der Waals surface area contributed by atoms with Crippen LogP contribution in [-0.4, -0.2) is 78.2 Å². The minimum absolute atomic E-state index is 0. The molecule has 0 spiro atoms. The molecule has 0 unspecified atom stereocenters. The number of aromatic nitrogens is 4. The number of nitrogens with one attached hydrogen (secondary N) is 1. The first-order chi connectivity index (χ1) is 19.0. The fraction of sp³-hybridized carbons (Fsp3) is 0.200. The molecule has 10 heteroatoms. The van der Waals surface area contributed by atoms with Crippen molar-refractivity contribution in [3.05, 3.63) is 111 Å². The van der Waals surface area contributed by atoms with Gasteiger partial charge in [0.05, 0.1) is 19.3 Å². The zero-order valence-electron chi connectivity index (χ0n) is 22.9. The van der Waals surface area contributed by atoms with Gasteiger partial charge in [-0.15, -0.1) is 0 Å². The van der Waals surface area contributed by atoms with Gasteiger partial charge in [-0.05, 0) is 54.3 Å². The smallest absolute Gasteiger partial charge is 0.439 e. The van der Waals surface area contributed by atoms with E-state index in [2.05, 4.69) is 21.6 Å². The Morgan fingerprint density at radius 1 is 0.925 bits per heavy atom. The molecule has 5 aromatic rings. The van der Waals surface area contributed by atoms with Crippen LogP contribution in [0.15, 0.2) is 86.9 Å². The molecule has 0 saturated carbocycles. The van der Waals surface area contributed by atoms with Crippen LogP contribution in [0, 0.1) is 6.92 Å². The largest absolute Gasteiger partial charge is 0.497 e. The minimum atomic E-state index is -0.606. The number of H-pyrrole nitrogens is 1. The molecule has 0 aliphatic carbocycles. The first kappa shape index (κ1) is 29.7. The van der Waals surface area contributed by atoms with E-state index < -0.39 is 5.76 Å². The maximum Gasteiger partial charge on any atom is 0.439 e. The Morgan fingerprint density at radius 2 is 1.60 bits per heavy atom. The van der Waals surface area contributed by atoms with Gasteiger partial charge in [0.2, 0.25) is 5.75 Å². The van der Waals surface area contributed by atoms with Crippen molar-refractivity contribution in [3.8, 4) is 39.8 Å². The van der Waals surface area contributed by atoms with Gasteiger partial charge < -0.3 is 9.47 Å². The zero-order chi connectivity index (χ0) is 27.4. The molecule has 199 valence electrons. The third-order valence-corrected chi connectivity index (χ3v) is 6.36. The number of benzene rings is 3. The number of hydrogen-bond acceptors (Lipinski definition) is 7. The van der Waals surface area contributed by atoms with Gasteiger partial charge >= 0.3 is 5.76 Å². The van der Waals surface area contributed by atoms with Gasteiger partial charge in [-0.25, -0.2) is 9.78 Å². The fourth-order valence-corrected chi connectivity index (χ4v) is 4.42. The number of ether oxygens (including phenoxy) is 2. The Balaban J connectivity index is 0.00000370. The molecular weight excluding hydrogens is 535 g/mol. The van der Waals surface area contributed by atoms with Crippen molar-refractivity contribution in [3.63, 3.8) is 0 Å². The Kier molecular flexibility index (Phi) is 9.93. The van der Waals surface area contributed by atoms with Gasteiger partial charge in [0.25, 0.3) is 5.56 Å². The molecule has 0 bridgehead atoms. The fourth-order valence-electron chi connectivity index (χ4n) is 4.42. The van der Waals surface area contributed by atoms with Crippen LogP contribution in [0.5, 0.6) is 17.2 Å². The summed E-state index contributed by atoms with van der Waals surface area (Å²) in [6.45, 7) is 4.19. The second-order valence-corrected chi connectivity index (χ2v) is 9.05. The Hall–Kier alpha value is -3.28. The van der Waals surface area contributed by atoms with E-state index in [4.69, 9.17) is 14.5 Å². The summed E-state index contributed by atoms with van der Waals surface area (Å²) in [5, 5.41) is 3.83. The van der Waals surface area contributed by atoms with Gasteiger partial charge in [-0.1, -0.05) is 60.6 Å². The number of nitrogens with zero attached hydrogens (tertiary/aromatic N) is 3. The summed E-state index contributed by atoms with van der Waals surface area (Å²) < 4.78 is 17.6. The monoisotopic (exact) mass is 563 g/mol. The second kappa shape index (κ2) is 13.4. The van der Waals surface area contributed by atoms with Crippen molar-refractivity contribution < 1.29 is 14.0 Å². The van der Waals surface area contributed by atoms with Gasteiger partial charge in [0.15, 0.2) is 5.82 Å². The average molecular weight is 564 g/mol. The maximum atomic E-state index is 13.6. The van der Waals surface area contributed by atoms with E-state index in [0.29, 0.717) is 41.8 Å². The summed E-state index contributed by atoms with van der Waals surface area (Å²) in [6, 6.07) is 22.6. The topological polar surface area (TPSA) is 112 Å². The van der Waals surface area contributed by atoms with E-state index >= 15 is 0 Å². The minimum Gasteiger partial charge on any atom is -0.497 e. The second-order valence-electron chi connectivity index (χ2n) is 9.05. The van der Waals surface area contributed by atoms with Crippen molar-refractivity contribution in [1.82, 2.24) is 19.7 Å². The quantitative estimate of drug-likeness (QED) is 0.252. The van der Waals surface area contributed by atoms with Crippen LogP contribution in [0.4, 0.5) is 0 Å². The first-order valence-corrected chi connectivity index (χ1v) is 12.6. The molecule has 1 radical (unpaired) electrons. The maximum absolute atomic E-state index is 13.6. The molecule has 2 aromatic heterocycles. The van der Waals surface area contributed by atoms with Gasteiger partial charge in [0.1, 0.15) is 17.3 Å². The molecule has 0 aliphatic heterocycles.